The molecule has 100 valence electrons. The van der Waals surface area contributed by atoms with E-state index in [2.05, 4.69) is 19.4 Å². The van der Waals surface area contributed by atoms with E-state index in [0.29, 0.717) is 18.1 Å². The molecule has 2 aromatic rings. The lowest BCUT2D eigenvalue weighted by molar-refractivity contribution is 0.413. The van der Waals surface area contributed by atoms with Gasteiger partial charge in [0.05, 0.1) is 11.8 Å². The largest absolute Gasteiger partial charge is 0.349 e. The van der Waals surface area contributed by atoms with Crippen LogP contribution in [0.5, 0.6) is 0 Å². The summed E-state index contributed by atoms with van der Waals surface area (Å²) < 4.78 is 2.05. The van der Waals surface area contributed by atoms with Crippen molar-refractivity contribution in [1.29, 1.82) is 0 Å². The molecule has 2 saturated heterocycles. The van der Waals surface area contributed by atoms with Crippen molar-refractivity contribution in [3.63, 3.8) is 0 Å². The Morgan fingerprint density at radius 1 is 1.21 bits per heavy atom. The summed E-state index contributed by atoms with van der Waals surface area (Å²) in [6, 6.07) is 3.49. The fourth-order valence-electron chi connectivity index (χ4n) is 3.80. The SMILES string of the molecule is Cn1cnc2c(N3C4CCC3CC(N)C4)nccc21. The van der Waals surface area contributed by atoms with Gasteiger partial charge in [-0.3, -0.25) is 0 Å². The maximum absolute atomic E-state index is 6.15. The van der Waals surface area contributed by atoms with Gasteiger partial charge in [-0.05, 0) is 31.7 Å². The molecular formula is C14H19N5. The maximum Gasteiger partial charge on any atom is 0.157 e. The summed E-state index contributed by atoms with van der Waals surface area (Å²) in [6.45, 7) is 0. The Labute approximate surface area is 112 Å². The number of aryl methyl sites for hydroxylation is 1. The first-order valence-electron chi connectivity index (χ1n) is 7.04. The normalized spacial score (nSPS) is 30.2. The number of imidazole rings is 1. The van der Waals surface area contributed by atoms with Gasteiger partial charge >= 0.3 is 0 Å². The van der Waals surface area contributed by atoms with Crippen molar-refractivity contribution >= 4 is 16.9 Å². The van der Waals surface area contributed by atoms with Crippen LogP contribution >= 0.6 is 0 Å². The van der Waals surface area contributed by atoms with Crippen molar-refractivity contribution in [2.45, 2.75) is 43.8 Å². The van der Waals surface area contributed by atoms with E-state index < -0.39 is 0 Å². The second-order valence-corrected chi connectivity index (χ2v) is 5.88. The van der Waals surface area contributed by atoms with Gasteiger partial charge in [-0.1, -0.05) is 0 Å². The molecule has 0 spiro atoms. The molecule has 0 aromatic carbocycles. The summed E-state index contributed by atoms with van der Waals surface area (Å²) >= 11 is 0. The number of nitrogens with zero attached hydrogens (tertiary/aromatic N) is 4. The van der Waals surface area contributed by atoms with Gasteiger partial charge in [0, 0.05) is 31.4 Å². The molecule has 0 amide bonds. The Hall–Kier alpha value is -1.62. The minimum atomic E-state index is 0.358. The molecule has 2 aliphatic rings. The van der Waals surface area contributed by atoms with E-state index in [0.717, 1.165) is 29.7 Å². The third-order valence-corrected chi connectivity index (χ3v) is 4.64. The Morgan fingerprint density at radius 2 is 1.95 bits per heavy atom. The summed E-state index contributed by atoms with van der Waals surface area (Å²) in [5.74, 6) is 1.05. The van der Waals surface area contributed by atoms with Gasteiger partial charge in [0.25, 0.3) is 0 Å². The van der Waals surface area contributed by atoms with Crippen LogP contribution in [0.15, 0.2) is 18.6 Å². The van der Waals surface area contributed by atoms with Gasteiger partial charge in [-0.2, -0.15) is 0 Å². The summed E-state index contributed by atoms with van der Waals surface area (Å²) in [5.41, 5.74) is 8.32. The number of hydrogen-bond donors (Lipinski definition) is 1. The van der Waals surface area contributed by atoms with Crippen LogP contribution in [0, 0.1) is 0 Å². The smallest absolute Gasteiger partial charge is 0.157 e. The number of piperidine rings is 1. The summed E-state index contributed by atoms with van der Waals surface area (Å²) in [5, 5.41) is 0. The van der Waals surface area contributed by atoms with E-state index >= 15 is 0 Å². The minimum absolute atomic E-state index is 0.358. The predicted molar refractivity (Wildman–Crippen MR) is 75.0 cm³/mol. The number of rotatable bonds is 1. The molecule has 5 nitrogen and oxygen atoms in total. The van der Waals surface area contributed by atoms with Crippen molar-refractivity contribution in [2.75, 3.05) is 4.90 Å². The molecule has 2 aliphatic heterocycles. The molecule has 2 bridgehead atoms. The molecule has 2 aromatic heterocycles. The lowest BCUT2D eigenvalue weighted by Crippen LogP contribution is -2.48. The highest BCUT2D eigenvalue weighted by Crippen LogP contribution is 2.39. The highest BCUT2D eigenvalue weighted by molar-refractivity contribution is 5.86. The molecule has 2 atom stereocenters. The number of fused-ring (bicyclic) bond motifs is 3. The summed E-state index contributed by atoms with van der Waals surface area (Å²) in [6.07, 6.45) is 8.41. The van der Waals surface area contributed by atoms with Gasteiger partial charge in [0.2, 0.25) is 0 Å². The number of hydrogen-bond acceptors (Lipinski definition) is 4. The molecule has 4 rings (SSSR count). The summed E-state index contributed by atoms with van der Waals surface area (Å²) in [4.78, 5) is 11.6. The van der Waals surface area contributed by atoms with E-state index in [4.69, 9.17) is 5.73 Å². The van der Waals surface area contributed by atoms with E-state index in [1.54, 1.807) is 0 Å². The average molecular weight is 257 g/mol. The first-order chi connectivity index (χ1) is 9.24. The molecule has 19 heavy (non-hydrogen) atoms. The lowest BCUT2D eigenvalue weighted by Gasteiger charge is -2.38. The average Bonchev–Trinajstić information content (AvgIpc) is 2.89. The fraction of sp³-hybridized carbons (Fsp3) is 0.571. The van der Waals surface area contributed by atoms with Gasteiger partial charge in [0.15, 0.2) is 5.82 Å². The summed E-state index contributed by atoms with van der Waals surface area (Å²) in [7, 11) is 2.03. The van der Waals surface area contributed by atoms with Crippen LogP contribution in [0.4, 0.5) is 5.82 Å². The van der Waals surface area contributed by atoms with E-state index in [1.807, 2.05) is 25.6 Å². The number of pyridine rings is 1. The van der Waals surface area contributed by atoms with Crippen molar-refractivity contribution < 1.29 is 0 Å². The molecule has 0 saturated carbocycles. The van der Waals surface area contributed by atoms with Gasteiger partial charge < -0.3 is 15.2 Å². The quantitative estimate of drug-likeness (QED) is 0.839. The monoisotopic (exact) mass is 257 g/mol. The van der Waals surface area contributed by atoms with E-state index in [1.165, 1.54) is 12.8 Å². The fourth-order valence-corrected chi connectivity index (χ4v) is 3.80. The van der Waals surface area contributed by atoms with Crippen molar-refractivity contribution in [2.24, 2.45) is 12.8 Å². The molecule has 2 unspecified atom stereocenters. The number of anilines is 1. The lowest BCUT2D eigenvalue weighted by atomic mass is 9.98. The van der Waals surface area contributed by atoms with Crippen LogP contribution < -0.4 is 10.6 Å². The predicted octanol–water partition coefficient (Wildman–Crippen LogP) is 1.43. The third-order valence-electron chi connectivity index (χ3n) is 4.64. The topological polar surface area (TPSA) is 60.0 Å². The standard InChI is InChI=1S/C14H19N5/c1-18-8-17-13-12(18)4-5-16-14(13)19-10-2-3-11(19)7-9(15)6-10/h4-5,8-11H,2-3,6-7,15H2,1H3. The van der Waals surface area contributed by atoms with Crippen molar-refractivity contribution in [3.8, 4) is 0 Å². The van der Waals surface area contributed by atoms with Crippen molar-refractivity contribution in [3.05, 3.63) is 18.6 Å². The Bertz CT molecular complexity index is 605. The van der Waals surface area contributed by atoms with Crippen LogP contribution in [0.1, 0.15) is 25.7 Å². The zero-order valence-corrected chi connectivity index (χ0v) is 11.2. The van der Waals surface area contributed by atoms with Gasteiger partial charge in [-0.15, -0.1) is 0 Å². The zero-order valence-electron chi connectivity index (χ0n) is 11.2. The van der Waals surface area contributed by atoms with E-state index in [9.17, 15) is 0 Å². The second-order valence-electron chi connectivity index (χ2n) is 5.88. The van der Waals surface area contributed by atoms with E-state index in [-0.39, 0.29) is 0 Å². The van der Waals surface area contributed by atoms with Crippen LogP contribution in [-0.4, -0.2) is 32.7 Å². The molecule has 2 N–H and O–H groups in total. The van der Waals surface area contributed by atoms with Gasteiger partial charge in [0.1, 0.15) is 5.52 Å². The maximum atomic E-state index is 6.15. The molecule has 2 fully saturated rings. The number of aromatic nitrogens is 3. The number of nitrogens with two attached hydrogens (primary N) is 1. The third kappa shape index (κ3) is 1.57. The highest BCUT2D eigenvalue weighted by Gasteiger charge is 2.41. The first-order valence-corrected chi connectivity index (χ1v) is 7.04. The Morgan fingerprint density at radius 3 is 2.68 bits per heavy atom. The Balaban J connectivity index is 1.83. The van der Waals surface area contributed by atoms with Crippen molar-refractivity contribution in [1.82, 2.24) is 14.5 Å². The van der Waals surface area contributed by atoms with Crippen LogP contribution in [0.3, 0.4) is 0 Å². The van der Waals surface area contributed by atoms with Crippen LogP contribution in [0.2, 0.25) is 0 Å². The zero-order chi connectivity index (χ0) is 13.0. The first kappa shape index (κ1) is 11.2. The second kappa shape index (κ2) is 3.93. The molecular weight excluding hydrogens is 238 g/mol. The minimum Gasteiger partial charge on any atom is -0.349 e. The highest BCUT2D eigenvalue weighted by atomic mass is 15.3. The van der Waals surface area contributed by atoms with Crippen LogP contribution in [0.25, 0.3) is 11.0 Å². The van der Waals surface area contributed by atoms with Crippen LogP contribution in [-0.2, 0) is 7.05 Å². The molecule has 0 radical (unpaired) electrons. The molecule has 5 heteroatoms. The Kier molecular flexibility index (Phi) is 2.33. The van der Waals surface area contributed by atoms with Gasteiger partial charge in [-0.25, -0.2) is 9.97 Å². The molecule has 4 heterocycles. The molecule has 0 aliphatic carbocycles.